The molecule has 0 aliphatic carbocycles. The van der Waals surface area contributed by atoms with Crippen LogP contribution in [0.4, 0.5) is 0 Å². The van der Waals surface area contributed by atoms with E-state index in [2.05, 4.69) is 10.6 Å². The zero-order valence-electron chi connectivity index (χ0n) is 16.6. The predicted octanol–water partition coefficient (Wildman–Crippen LogP) is 1.13. The van der Waals surface area contributed by atoms with Gasteiger partial charge in [0.2, 0.25) is 0 Å². The fourth-order valence-electron chi connectivity index (χ4n) is 2.73. The standard InChI is InChI=1S/C20H20N2O8S2/c23-17-7-29-13-3-1-11-5-14(4-2-12(11)6-13)30-8-18(24)22-16(20(27)28)10-32-31-9-15(21-17)19(25)26/h1-6,15-16H,7-10H2,(H,21,23)(H,22,24)(H,25,26)(H,27,28)/t15-,16-/m0/s1. The number of carbonyl (C=O) groups is 4. The lowest BCUT2D eigenvalue weighted by atomic mass is 10.1. The zero-order chi connectivity index (χ0) is 23.1. The van der Waals surface area contributed by atoms with Crippen molar-refractivity contribution in [2.45, 2.75) is 12.1 Å². The monoisotopic (exact) mass is 480 g/mol. The maximum Gasteiger partial charge on any atom is 0.327 e. The summed E-state index contributed by atoms with van der Waals surface area (Å²) < 4.78 is 10.9. The molecule has 2 aromatic rings. The van der Waals surface area contributed by atoms with Gasteiger partial charge in [-0.3, -0.25) is 9.59 Å². The SMILES string of the molecule is O=C1COc2ccc3cc(ccc3c2)OCC(=O)N[C@H](C(=O)O)CSSC[C@@H](C(=O)O)N1. The molecular formula is C20H20N2O8S2. The van der Waals surface area contributed by atoms with E-state index in [1.54, 1.807) is 36.4 Å². The maximum absolute atomic E-state index is 12.1. The van der Waals surface area contributed by atoms with Crippen LogP contribution in [0.3, 0.4) is 0 Å². The fourth-order valence-corrected chi connectivity index (χ4v) is 5.04. The van der Waals surface area contributed by atoms with Crippen molar-refractivity contribution in [1.82, 2.24) is 10.6 Å². The van der Waals surface area contributed by atoms with Gasteiger partial charge in [0.25, 0.3) is 11.8 Å². The van der Waals surface area contributed by atoms with Gasteiger partial charge in [0.15, 0.2) is 13.2 Å². The van der Waals surface area contributed by atoms with E-state index in [1.165, 1.54) is 0 Å². The predicted molar refractivity (Wildman–Crippen MR) is 119 cm³/mol. The van der Waals surface area contributed by atoms with Crippen LogP contribution < -0.4 is 20.1 Å². The summed E-state index contributed by atoms with van der Waals surface area (Å²) >= 11 is 0. The number of carbonyl (C=O) groups excluding carboxylic acids is 2. The second-order valence-electron chi connectivity index (χ2n) is 6.73. The molecule has 2 aliphatic heterocycles. The first-order chi connectivity index (χ1) is 15.3. The van der Waals surface area contributed by atoms with Crippen LogP contribution in [0.2, 0.25) is 0 Å². The number of ether oxygens (including phenoxy) is 2. The number of amides is 2. The van der Waals surface area contributed by atoms with Crippen molar-refractivity contribution in [3.63, 3.8) is 0 Å². The van der Waals surface area contributed by atoms with Gasteiger partial charge in [0, 0.05) is 11.5 Å². The molecule has 2 aliphatic rings. The molecule has 0 unspecified atom stereocenters. The van der Waals surface area contributed by atoms with Gasteiger partial charge in [0.1, 0.15) is 23.6 Å². The van der Waals surface area contributed by atoms with Crippen LogP contribution >= 0.6 is 21.6 Å². The summed E-state index contributed by atoms with van der Waals surface area (Å²) in [6.45, 7) is -0.719. The molecule has 0 fully saturated rings. The van der Waals surface area contributed by atoms with Crippen LogP contribution in [0.15, 0.2) is 36.4 Å². The molecule has 4 N–H and O–H groups in total. The molecule has 0 saturated carbocycles. The van der Waals surface area contributed by atoms with Crippen LogP contribution in [0.5, 0.6) is 11.5 Å². The number of hydrogen-bond acceptors (Lipinski definition) is 8. The van der Waals surface area contributed by atoms with E-state index in [1.807, 2.05) is 0 Å². The van der Waals surface area contributed by atoms with Crippen LogP contribution in [0, 0.1) is 0 Å². The van der Waals surface area contributed by atoms with Crippen LogP contribution in [0.1, 0.15) is 0 Å². The number of benzene rings is 2. The molecule has 0 spiro atoms. The highest BCUT2D eigenvalue weighted by atomic mass is 33.1. The van der Waals surface area contributed by atoms with Crippen LogP contribution in [0.25, 0.3) is 10.8 Å². The highest BCUT2D eigenvalue weighted by molar-refractivity contribution is 8.76. The Balaban J connectivity index is 1.80. The number of hydrogen-bond donors (Lipinski definition) is 4. The summed E-state index contributed by atoms with van der Waals surface area (Å²) in [4.78, 5) is 47.2. The summed E-state index contributed by atoms with van der Waals surface area (Å²) in [6, 6.07) is 7.88. The average molecular weight is 481 g/mol. The molecule has 0 aromatic heterocycles. The third-order valence-corrected chi connectivity index (χ3v) is 6.76. The van der Waals surface area contributed by atoms with E-state index in [0.29, 0.717) is 11.5 Å². The summed E-state index contributed by atoms with van der Waals surface area (Å²) in [5, 5.41) is 25.0. The van der Waals surface area contributed by atoms with E-state index >= 15 is 0 Å². The number of fused-ring (bicyclic) bond motifs is 15. The molecule has 170 valence electrons. The number of carboxylic acid groups (broad SMARTS) is 2. The van der Waals surface area contributed by atoms with Gasteiger partial charge in [-0.25, -0.2) is 9.59 Å². The van der Waals surface area contributed by atoms with Crippen LogP contribution in [-0.2, 0) is 19.2 Å². The molecule has 10 nitrogen and oxygen atoms in total. The molecule has 2 amide bonds. The van der Waals surface area contributed by atoms with Gasteiger partial charge in [0.05, 0.1) is 0 Å². The normalized spacial score (nSPS) is 20.8. The highest BCUT2D eigenvalue weighted by Gasteiger charge is 2.23. The third-order valence-electron chi connectivity index (χ3n) is 4.34. The minimum absolute atomic E-state index is 0.00701. The van der Waals surface area contributed by atoms with Crippen LogP contribution in [-0.4, -0.2) is 70.8 Å². The lowest BCUT2D eigenvalue weighted by Crippen LogP contribution is -2.45. The van der Waals surface area contributed by atoms with E-state index < -0.39 is 35.8 Å². The van der Waals surface area contributed by atoms with Gasteiger partial charge in [-0.2, -0.15) is 0 Å². The Labute approximate surface area is 190 Å². The van der Waals surface area contributed by atoms with Crippen molar-refractivity contribution in [2.75, 3.05) is 24.7 Å². The lowest BCUT2D eigenvalue weighted by Gasteiger charge is -2.17. The molecule has 2 heterocycles. The number of carboxylic acids is 2. The third kappa shape index (κ3) is 6.69. The zero-order valence-corrected chi connectivity index (χ0v) is 18.2. The topological polar surface area (TPSA) is 151 Å². The van der Waals surface area contributed by atoms with Crippen molar-refractivity contribution < 1.29 is 38.9 Å². The Morgan fingerprint density at radius 3 is 1.56 bits per heavy atom. The Bertz CT molecular complexity index is 951. The second kappa shape index (κ2) is 11.0. The minimum atomic E-state index is -1.23. The molecule has 0 radical (unpaired) electrons. The highest BCUT2D eigenvalue weighted by Crippen LogP contribution is 2.26. The number of nitrogens with one attached hydrogen (secondary N) is 2. The van der Waals surface area contributed by atoms with Crippen molar-refractivity contribution in [3.05, 3.63) is 36.4 Å². The molecule has 4 rings (SSSR count). The molecule has 4 bridgehead atoms. The lowest BCUT2D eigenvalue weighted by molar-refractivity contribution is -0.141. The van der Waals surface area contributed by atoms with Gasteiger partial charge in [-0.1, -0.05) is 33.7 Å². The van der Waals surface area contributed by atoms with Gasteiger partial charge in [-0.15, -0.1) is 0 Å². The average Bonchev–Trinajstić information content (AvgIpc) is 2.76. The second-order valence-corrected chi connectivity index (χ2v) is 9.29. The molecular weight excluding hydrogens is 460 g/mol. The van der Waals surface area contributed by atoms with Gasteiger partial charge < -0.3 is 30.3 Å². The molecule has 12 heteroatoms. The molecule has 2 aromatic carbocycles. The van der Waals surface area contributed by atoms with Crippen molar-refractivity contribution >= 4 is 56.1 Å². The summed E-state index contributed by atoms with van der Waals surface area (Å²) in [5.74, 6) is -2.79. The largest absolute Gasteiger partial charge is 0.484 e. The van der Waals surface area contributed by atoms with E-state index in [-0.39, 0.29) is 24.7 Å². The Morgan fingerprint density at radius 1 is 0.781 bits per heavy atom. The van der Waals surface area contributed by atoms with Crippen molar-refractivity contribution in [3.8, 4) is 11.5 Å². The maximum atomic E-state index is 12.1. The number of aliphatic carboxylic acids is 2. The summed E-state index contributed by atoms with van der Waals surface area (Å²) in [6.07, 6.45) is 0. The molecule has 2 atom stereocenters. The van der Waals surface area contributed by atoms with Gasteiger partial charge in [-0.05, 0) is 35.0 Å². The van der Waals surface area contributed by atoms with Crippen molar-refractivity contribution in [1.29, 1.82) is 0 Å². The summed E-state index contributed by atoms with van der Waals surface area (Å²) in [5.41, 5.74) is 0. The smallest absolute Gasteiger partial charge is 0.327 e. The van der Waals surface area contributed by atoms with E-state index in [4.69, 9.17) is 9.47 Å². The Morgan fingerprint density at radius 2 is 1.19 bits per heavy atom. The summed E-state index contributed by atoms with van der Waals surface area (Å²) in [7, 11) is 2.14. The molecule has 0 saturated heterocycles. The first-order valence-corrected chi connectivity index (χ1v) is 11.9. The number of rotatable bonds is 2. The fraction of sp³-hybridized carbons (Fsp3) is 0.300. The Hall–Kier alpha value is -3.12. The first kappa shape index (κ1) is 23.5. The Kier molecular flexibility index (Phi) is 8.06. The quantitative estimate of drug-likeness (QED) is 0.460. The minimum Gasteiger partial charge on any atom is -0.484 e. The van der Waals surface area contributed by atoms with Gasteiger partial charge >= 0.3 is 11.9 Å². The van der Waals surface area contributed by atoms with E-state index in [9.17, 15) is 29.4 Å². The first-order valence-electron chi connectivity index (χ1n) is 9.40. The molecule has 32 heavy (non-hydrogen) atoms. The van der Waals surface area contributed by atoms with Crippen molar-refractivity contribution in [2.24, 2.45) is 0 Å². The van der Waals surface area contributed by atoms with E-state index in [0.717, 1.165) is 32.4 Å².